The lowest BCUT2D eigenvalue weighted by Gasteiger charge is -2.50. The van der Waals surface area contributed by atoms with Crippen LogP contribution in [0, 0.1) is 0 Å². The number of rotatable bonds is 18. The fourth-order valence-corrected chi connectivity index (χ4v) is 7.39. The molecule has 0 aromatic heterocycles. The van der Waals surface area contributed by atoms with Crippen molar-refractivity contribution in [3.05, 3.63) is 0 Å². The minimum Gasteiger partial charge on any atom is -0.479 e. The van der Waals surface area contributed by atoms with Gasteiger partial charge in [0.05, 0.1) is 33.0 Å². The Labute approximate surface area is 348 Å². The molecule has 62 heavy (non-hydrogen) atoms. The molecule has 5 aliphatic heterocycles. The van der Waals surface area contributed by atoms with E-state index in [0.717, 1.165) is 6.92 Å². The molecule has 0 aromatic rings. The summed E-state index contributed by atoms with van der Waals surface area (Å²) in [5.74, 6) is -5.82. The first kappa shape index (κ1) is 50.9. The standard InChI is InChI=1S/C33H54O29/c1-33(32(51)52)61-23-10(5-37)55-28(20(48)25(23)62-33)53-6-11-22(58-29-17(45)14(42)13(41)9(4-36)54-29)24(59-30-18(46)15(43)16(44)26(60-30)27(49)50)19(47)31(56-11)57-21(8(39)3-35)12(40)7(38)2-34/h7-26,28-31,34-48H,2-6H2,1H3,(H,49,50)(H,51,52)/t7-,8-,9-,10-,11-,12-,13-,14+,15+,16+,17-,18-,19+,20-,21-,22-,23+,24-,25-,26+,28-,29+,30+,31+,33+/m1/s1. The molecule has 0 aromatic carbocycles. The van der Waals surface area contributed by atoms with Crippen LogP contribution in [0.1, 0.15) is 6.92 Å². The maximum Gasteiger partial charge on any atom is 0.364 e. The molecule has 5 aliphatic rings. The fraction of sp³-hybridized carbons (Fsp3) is 0.939. The van der Waals surface area contributed by atoms with Gasteiger partial charge in [-0.2, -0.15) is 0 Å². The molecule has 0 bridgehead atoms. The van der Waals surface area contributed by atoms with E-state index >= 15 is 0 Å². The van der Waals surface area contributed by atoms with Crippen LogP contribution in [0.5, 0.6) is 0 Å². The van der Waals surface area contributed by atoms with Gasteiger partial charge < -0.3 is 134 Å². The Hall–Kier alpha value is -2.06. The van der Waals surface area contributed by atoms with E-state index in [1.54, 1.807) is 0 Å². The minimum absolute atomic E-state index is 0.855. The van der Waals surface area contributed by atoms with Gasteiger partial charge in [0.25, 0.3) is 5.79 Å². The summed E-state index contributed by atoms with van der Waals surface area (Å²) in [6, 6.07) is 0. The Bertz CT molecular complexity index is 1460. The van der Waals surface area contributed by atoms with E-state index in [0.29, 0.717) is 0 Å². The predicted octanol–water partition coefficient (Wildman–Crippen LogP) is -11.3. The maximum absolute atomic E-state index is 11.9. The topological polar surface area (TPSA) is 470 Å². The van der Waals surface area contributed by atoms with Crippen molar-refractivity contribution < 1.29 is 144 Å². The van der Waals surface area contributed by atoms with Crippen LogP contribution in [-0.2, 0) is 57.0 Å². The molecule has 0 aliphatic carbocycles. The molecule has 0 amide bonds. The number of ether oxygens (including phenoxy) is 10. The van der Waals surface area contributed by atoms with Gasteiger partial charge in [0.2, 0.25) is 0 Å². The summed E-state index contributed by atoms with van der Waals surface area (Å²) in [5.41, 5.74) is 0. The summed E-state index contributed by atoms with van der Waals surface area (Å²) >= 11 is 0. The van der Waals surface area contributed by atoms with Crippen molar-refractivity contribution >= 4 is 11.9 Å². The zero-order valence-electron chi connectivity index (χ0n) is 32.4. The summed E-state index contributed by atoms with van der Waals surface area (Å²) in [6.45, 7) is -4.16. The van der Waals surface area contributed by atoms with Crippen LogP contribution in [0.15, 0.2) is 0 Å². The molecule has 0 spiro atoms. The number of aliphatic carboxylic acids is 2. The van der Waals surface area contributed by atoms with E-state index in [-0.39, 0.29) is 0 Å². The molecule has 0 unspecified atom stereocenters. The Morgan fingerprint density at radius 2 is 1.11 bits per heavy atom. The molecule has 0 radical (unpaired) electrons. The summed E-state index contributed by atoms with van der Waals surface area (Å²) in [6.07, 6.45) is -49.3. The minimum atomic E-state index is -2.43. The molecule has 25 atom stereocenters. The van der Waals surface area contributed by atoms with Crippen molar-refractivity contribution in [1.82, 2.24) is 0 Å². The highest BCUT2D eigenvalue weighted by atomic mass is 16.8. The molecule has 29 heteroatoms. The summed E-state index contributed by atoms with van der Waals surface area (Å²) in [4.78, 5) is 23.8. The first-order valence-corrected chi connectivity index (χ1v) is 19.1. The third-order valence-corrected chi connectivity index (χ3v) is 11.0. The molecule has 29 nitrogen and oxygen atoms in total. The second-order valence-corrected chi connectivity index (χ2v) is 15.2. The first-order chi connectivity index (χ1) is 29.1. The average Bonchev–Trinajstić information content (AvgIpc) is 3.63. The monoisotopic (exact) mass is 914 g/mol. The third kappa shape index (κ3) is 10.3. The average molecular weight is 915 g/mol. The molecular weight excluding hydrogens is 860 g/mol. The van der Waals surface area contributed by atoms with E-state index in [2.05, 4.69) is 0 Å². The maximum atomic E-state index is 11.9. The van der Waals surface area contributed by atoms with Crippen molar-refractivity contribution in [2.75, 3.05) is 33.0 Å². The number of fused-ring (bicyclic) bond motifs is 1. The molecule has 5 saturated heterocycles. The lowest BCUT2D eigenvalue weighted by molar-refractivity contribution is -0.395. The number of carboxylic acid groups (broad SMARTS) is 2. The molecule has 360 valence electrons. The number of carbonyl (C=O) groups is 2. The predicted molar refractivity (Wildman–Crippen MR) is 183 cm³/mol. The lowest BCUT2D eigenvalue weighted by Crippen LogP contribution is -2.68. The largest absolute Gasteiger partial charge is 0.479 e. The Morgan fingerprint density at radius 3 is 1.68 bits per heavy atom. The van der Waals surface area contributed by atoms with E-state index in [9.17, 15) is 96.4 Å². The van der Waals surface area contributed by atoms with Gasteiger partial charge in [-0.25, -0.2) is 9.59 Å². The van der Waals surface area contributed by atoms with Gasteiger partial charge in [-0.1, -0.05) is 0 Å². The lowest BCUT2D eigenvalue weighted by atomic mass is 9.95. The number of hydrogen-bond donors (Lipinski definition) is 17. The Morgan fingerprint density at radius 1 is 0.581 bits per heavy atom. The van der Waals surface area contributed by atoms with Gasteiger partial charge in [-0.15, -0.1) is 0 Å². The zero-order chi connectivity index (χ0) is 46.1. The zero-order valence-corrected chi connectivity index (χ0v) is 32.4. The molecule has 5 rings (SSSR count). The van der Waals surface area contributed by atoms with Crippen LogP contribution >= 0.6 is 0 Å². The highest BCUT2D eigenvalue weighted by Crippen LogP contribution is 2.40. The van der Waals surface area contributed by atoms with E-state index in [4.69, 9.17) is 47.4 Å². The van der Waals surface area contributed by atoms with E-state index < -0.39 is 198 Å². The van der Waals surface area contributed by atoms with Crippen LogP contribution in [0.3, 0.4) is 0 Å². The SMILES string of the molecule is C[C@@]1(C(=O)O)O[C@@H]2[C@@H](O)[C@H](OC[C@H]3O[C@@H](O[C@@H]([C@H](O)[C@H](O)CO)[C@H](O)CO)[C@@H](O)[C@@H](O[C@H]4O[C@H](C(=O)O)[C@@H](O)[C@H](O)[C@H]4O)[C@@H]3O[C@@H]3O[C@H](CO)[C@@H](O)[C@H](O)[C@H]3O)O[C@H](CO)[C@@H]2O1. The van der Waals surface area contributed by atoms with Crippen molar-refractivity contribution in [3.63, 3.8) is 0 Å². The van der Waals surface area contributed by atoms with Crippen LogP contribution in [-0.4, -0.2) is 285 Å². The van der Waals surface area contributed by atoms with Crippen molar-refractivity contribution in [3.8, 4) is 0 Å². The van der Waals surface area contributed by atoms with Gasteiger partial charge in [-0.05, 0) is 0 Å². The van der Waals surface area contributed by atoms with Gasteiger partial charge in [0.15, 0.2) is 31.3 Å². The van der Waals surface area contributed by atoms with Crippen molar-refractivity contribution in [2.24, 2.45) is 0 Å². The van der Waals surface area contributed by atoms with Crippen LogP contribution in [0.4, 0.5) is 0 Å². The highest BCUT2D eigenvalue weighted by molar-refractivity contribution is 5.75. The van der Waals surface area contributed by atoms with Crippen molar-refractivity contribution in [1.29, 1.82) is 0 Å². The second kappa shape index (κ2) is 21.1. The van der Waals surface area contributed by atoms with Gasteiger partial charge in [-0.3, -0.25) is 0 Å². The quantitative estimate of drug-likeness (QED) is 0.0607. The summed E-state index contributed by atoms with van der Waals surface area (Å²) in [7, 11) is 0. The molecule has 17 N–H and O–H groups in total. The Kier molecular flexibility index (Phi) is 17.3. The number of aliphatic hydroxyl groups excluding tert-OH is 15. The van der Waals surface area contributed by atoms with Gasteiger partial charge >= 0.3 is 11.9 Å². The van der Waals surface area contributed by atoms with Crippen LogP contribution in [0.2, 0.25) is 0 Å². The molecule has 5 fully saturated rings. The first-order valence-electron chi connectivity index (χ1n) is 19.1. The van der Waals surface area contributed by atoms with Crippen molar-refractivity contribution in [2.45, 2.75) is 160 Å². The third-order valence-electron chi connectivity index (χ3n) is 11.0. The summed E-state index contributed by atoms with van der Waals surface area (Å²) < 4.78 is 56.2. The van der Waals surface area contributed by atoms with Crippen LogP contribution < -0.4 is 0 Å². The number of carboxylic acids is 2. The fourth-order valence-electron chi connectivity index (χ4n) is 7.39. The van der Waals surface area contributed by atoms with Gasteiger partial charge in [0.1, 0.15) is 116 Å². The summed E-state index contributed by atoms with van der Waals surface area (Å²) in [5, 5.41) is 176. The van der Waals surface area contributed by atoms with E-state index in [1.807, 2.05) is 0 Å². The molecule has 5 heterocycles. The van der Waals surface area contributed by atoms with Gasteiger partial charge in [0, 0.05) is 6.92 Å². The van der Waals surface area contributed by atoms with Crippen LogP contribution in [0.25, 0.3) is 0 Å². The Balaban J connectivity index is 1.55. The normalized spacial score (nSPS) is 47.0. The van der Waals surface area contributed by atoms with E-state index in [1.165, 1.54) is 0 Å². The number of hydrogen-bond acceptors (Lipinski definition) is 27. The molecule has 0 saturated carbocycles. The highest BCUT2D eigenvalue weighted by Gasteiger charge is 2.61. The molecular formula is C33H54O29. The number of aliphatic hydroxyl groups is 15. The second-order valence-electron chi connectivity index (χ2n) is 15.2. The smallest absolute Gasteiger partial charge is 0.364 e.